The fourth-order valence-corrected chi connectivity index (χ4v) is 1.53. The van der Waals surface area contributed by atoms with Crippen LogP contribution in [0, 0.1) is 13.8 Å². The Balaban J connectivity index is -0.000000138. The Kier molecular flexibility index (Phi) is 27.8. The van der Waals surface area contributed by atoms with Gasteiger partial charge in [-0.25, -0.2) is 0 Å². The molecule has 0 aliphatic heterocycles. The first-order chi connectivity index (χ1) is 11.9. The maximum absolute atomic E-state index is 11.1. The van der Waals surface area contributed by atoms with E-state index in [2.05, 4.69) is 11.9 Å². The highest BCUT2D eigenvalue weighted by Gasteiger charge is 2.01. The lowest BCUT2D eigenvalue weighted by molar-refractivity contribution is -0.114. The quantitative estimate of drug-likeness (QED) is 0.626. The predicted octanol–water partition coefficient (Wildman–Crippen LogP) is 6.52. The predicted molar refractivity (Wildman–Crippen MR) is 118 cm³/mol. The molecule has 1 heterocycles. The molecule has 1 N–H and O–H groups in total. The second-order valence-electron chi connectivity index (χ2n) is 4.81. The third kappa shape index (κ3) is 18.2. The van der Waals surface area contributed by atoms with Crippen LogP contribution in [-0.4, -0.2) is 10.8 Å². The first-order valence-corrected chi connectivity index (χ1v) is 9.05. The molecule has 1 aromatic carbocycles. The van der Waals surface area contributed by atoms with Gasteiger partial charge in [-0.1, -0.05) is 78.4 Å². The van der Waals surface area contributed by atoms with E-state index in [1.165, 1.54) is 19.4 Å². The summed E-state index contributed by atoms with van der Waals surface area (Å²) in [7, 11) is 0. The van der Waals surface area contributed by atoms with E-state index in [-0.39, 0.29) is 18.8 Å². The SMILES string of the molecule is C.CC.CC.CC(C)=O.CCc1c[nH]c(=O)c(C)c1C.c1ccccc1. The summed E-state index contributed by atoms with van der Waals surface area (Å²) in [5.41, 5.74) is 3.21. The van der Waals surface area contributed by atoms with E-state index in [1.54, 1.807) is 6.20 Å². The van der Waals surface area contributed by atoms with E-state index in [4.69, 9.17) is 0 Å². The minimum absolute atomic E-state index is 0. The van der Waals surface area contributed by atoms with Crippen molar-refractivity contribution in [3.05, 3.63) is 69.6 Å². The third-order valence-electron chi connectivity index (χ3n) is 2.81. The maximum atomic E-state index is 11.1. The molecule has 0 aliphatic rings. The van der Waals surface area contributed by atoms with Gasteiger partial charge in [-0.2, -0.15) is 0 Å². The molecule has 3 heteroatoms. The maximum Gasteiger partial charge on any atom is 0.251 e. The molecule has 0 amide bonds. The number of Topliss-reactive ketones (excluding diaryl/α,β-unsaturated/α-hetero) is 1. The average Bonchev–Trinajstić information content (AvgIpc) is 2.65. The number of aromatic amines is 1. The van der Waals surface area contributed by atoms with Gasteiger partial charge in [-0.15, -0.1) is 0 Å². The summed E-state index contributed by atoms with van der Waals surface area (Å²) < 4.78 is 0. The molecular weight excluding hydrogens is 322 g/mol. The van der Waals surface area contributed by atoms with Crippen LogP contribution in [-0.2, 0) is 11.2 Å². The van der Waals surface area contributed by atoms with Crippen LogP contribution in [0.2, 0.25) is 0 Å². The minimum atomic E-state index is 0. The zero-order valence-electron chi connectivity index (χ0n) is 17.6. The lowest BCUT2D eigenvalue weighted by Gasteiger charge is -2.03. The Morgan fingerprint density at radius 1 is 0.846 bits per heavy atom. The highest BCUT2D eigenvalue weighted by molar-refractivity contribution is 5.72. The van der Waals surface area contributed by atoms with Gasteiger partial charge < -0.3 is 9.78 Å². The molecule has 0 unspecified atom stereocenters. The summed E-state index contributed by atoms with van der Waals surface area (Å²) in [6.45, 7) is 17.0. The van der Waals surface area contributed by atoms with E-state index in [9.17, 15) is 9.59 Å². The standard InChI is InChI=1S/C9H13NO.C6H6.C3H6O.2C2H6.CH4/c1-4-8-5-10-9(11)7(3)6(8)2;1-2-4-6-5-3-1;1-3(2)4;2*1-2;/h5H,4H2,1-3H3,(H,10,11);1-6H;1-2H3;2*1-2H3;1H4. The summed E-state index contributed by atoms with van der Waals surface area (Å²) in [6, 6.07) is 12.0. The average molecular weight is 364 g/mol. The second-order valence-corrected chi connectivity index (χ2v) is 4.81. The molecule has 2 aromatic rings. The summed E-state index contributed by atoms with van der Waals surface area (Å²) in [4.78, 5) is 23.2. The van der Waals surface area contributed by atoms with E-state index < -0.39 is 0 Å². The van der Waals surface area contributed by atoms with Gasteiger partial charge in [0.15, 0.2) is 0 Å². The van der Waals surface area contributed by atoms with Crippen molar-refractivity contribution in [2.75, 3.05) is 0 Å². The van der Waals surface area contributed by atoms with Crippen molar-refractivity contribution in [2.24, 2.45) is 0 Å². The molecule has 1 aromatic heterocycles. The fourth-order valence-electron chi connectivity index (χ4n) is 1.53. The highest BCUT2D eigenvalue weighted by Crippen LogP contribution is 2.07. The molecule has 3 nitrogen and oxygen atoms in total. The summed E-state index contributed by atoms with van der Waals surface area (Å²) in [5, 5.41) is 0. The van der Waals surface area contributed by atoms with Crippen molar-refractivity contribution in [1.82, 2.24) is 4.98 Å². The zero-order valence-corrected chi connectivity index (χ0v) is 17.6. The summed E-state index contributed by atoms with van der Waals surface area (Å²) in [5.74, 6) is 0.167. The molecule has 26 heavy (non-hydrogen) atoms. The van der Waals surface area contributed by atoms with Crippen molar-refractivity contribution in [1.29, 1.82) is 0 Å². The Labute approximate surface area is 161 Å². The van der Waals surface area contributed by atoms with Crippen molar-refractivity contribution in [2.45, 2.75) is 76.2 Å². The molecule has 0 aliphatic carbocycles. The number of carbonyl (C=O) groups excluding carboxylic acids is 1. The van der Waals surface area contributed by atoms with Crippen LogP contribution in [0.15, 0.2) is 47.4 Å². The van der Waals surface area contributed by atoms with Gasteiger partial charge in [-0.05, 0) is 45.2 Å². The topological polar surface area (TPSA) is 49.9 Å². The number of ketones is 1. The van der Waals surface area contributed by atoms with Crippen LogP contribution in [0.1, 0.15) is 72.6 Å². The number of benzene rings is 1. The van der Waals surface area contributed by atoms with Gasteiger partial charge in [0, 0.05) is 11.8 Å². The number of rotatable bonds is 1. The van der Waals surface area contributed by atoms with Crippen molar-refractivity contribution < 1.29 is 4.79 Å². The van der Waals surface area contributed by atoms with E-state index in [1.807, 2.05) is 77.9 Å². The molecule has 0 spiro atoms. The number of hydrogen-bond donors (Lipinski definition) is 1. The van der Waals surface area contributed by atoms with Gasteiger partial charge in [-0.3, -0.25) is 4.79 Å². The first kappa shape index (κ1) is 31.6. The monoisotopic (exact) mass is 363 g/mol. The minimum Gasteiger partial charge on any atom is -0.329 e. The van der Waals surface area contributed by atoms with Gasteiger partial charge in [0.05, 0.1) is 0 Å². The second kappa shape index (κ2) is 22.8. The molecule has 0 bridgehead atoms. The first-order valence-electron chi connectivity index (χ1n) is 9.05. The number of aromatic nitrogens is 1. The lowest BCUT2D eigenvalue weighted by atomic mass is 10.1. The van der Waals surface area contributed by atoms with Crippen molar-refractivity contribution in [3.63, 3.8) is 0 Å². The number of nitrogens with one attached hydrogen (secondary N) is 1. The van der Waals surface area contributed by atoms with Crippen LogP contribution in [0.25, 0.3) is 0 Å². The van der Waals surface area contributed by atoms with Crippen LogP contribution in [0.3, 0.4) is 0 Å². The Morgan fingerprint density at radius 3 is 1.42 bits per heavy atom. The smallest absolute Gasteiger partial charge is 0.251 e. The van der Waals surface area contributed by atoms with E-state index in [0.29, 0.717) is 0 Å². The molecule has 0 radical (unpaired) electrons. The number of pyridine rings is 1. The molecule has 0 fully saturated rings. The number of H-pyrrole nitrogens is 1. The largest absolute Gasteiger partial charge is 0.329 e. The van der Waals surface area contributed by atoms with Crippen LogP contribution >= 0.6 is 0 Å². The Morgan fingerprint density at radius 2 is 1.15 bits per heavy atom. The highest BCUT2D eigenvalue weighted by atomic mass is 16.1. The number of carbonyl (C=O) groups is 1. The molecule has 0 atom stereocenters. The zero-order chi connectivity index (χ0) is 20.3. The normalized spacial score (nSPS) is 7.58. The molecule has 0 saturated heterocycles. The van der Waals surface area contributed by atoms with Crippen molar-refractivity contribution in [3.8, 4) is 0 Å². The summed E-state index contributed by atoms with van der Waals surface area (Å²) >= 11 is 0. The van der Waals surface area contributed by atoms with Gasteiger partial charge in [0.1, 0.15) is 5.78 Å². The molecular formula is C23H41NO2. The Bertz CT molecular complexity index is 556. The molecule has 2 rings (SSSR count). The van der Waals surface area contributed by atoms with E-state index >= 15 is 0 Å². The fraction of sp³-hybridized carbons (Fsp3) is 0.478. The van der Waals surface area contributed by atoms with Gasteiger partial charge >= 0.3 is 0 Å². The van der Waals surface area contributed by atoms with Crippen LogP contribution < -0.4 is 5.56 Å². The lowest BCUT2D eigenvalue weighted by Crippen LogP contribution is -2.12. The third-order valence-corrected chi connectivity index (χ3v) is 2.81. The van der Waals surface area contributed by atoms with Crippen molar-refractivity contribution >= 4 is 5.78 Å². The molecule has 0 saturated carbocycles. The van der Waals surface area contributed by atoms with Crippen LogP contribution in [0.4, 0.5) is 0 Å². The number of aryl methyl sites for hydroxylation is 1. The van der Waals surface area contributed by atoms with Gasteiger partial charge in [0.25, 0.3) is 5.56 Å². The van der Waals surface area contributed by atoms with E-state index in [0.717, 1.165) is 17.5 Å². The summed E-state index contributed by atoms with van der Waals surface area (Å²) in [6.07, 6.45) is 2.77. The van der Waals surface area contributed by atoms with Crippen LogP contribution in [0.5, 0.6) is 0 Å². The molecule has 150 valence electrons. The van der Waals surface area contributed by atoms with Gasteiger partial charge in [0.2, 0.25) is 0 Å². The number of hydrogen-bond acceptors (Lipinski definition) is 2. The Hall–Kier alpha value is -2.16.